The summed E-state index contributed by atoms with van der Waals surface area (Å²) in [6.45, 7) is 2.24. The van der Waals surface area contributed by atoms with Gasteiger partial charge in [0.2, 0.25) is 0 Å². The van der Waals surface area contributed by atoms with Gasteiger partial charge in [-0.15, -0.1) is 0 Å². The van der Waals surface area contributed by atoms with Crippen molar-refractivity contribution in [2.24, 2.45) is 0 Å². The van der Waals surface area contributed by atoms with E-state index in [1.807, 2.05) is 24.2 Å². The first-order valence-electron chi connectivity index (χ1n) is 5.98. The number of aromatic nitrogens is 1. The van der Waals surface area contributed by atoms with E-state index in [2.05, 4.69) is 35.6 Å². The van der Waals surface area contributed by atoms with Crippen LogP contribution in [-0.2, 0) is 0 Å². The predicted molar refractivity (Wildman–Crippen MR) is 70.7 cm³/mol. The molecular formula is C13H20N2S. The minimum absolute atomic E-state index is 0.439. The molecule has 16 heavy (non-hydrogen) atoms. The van der Waals surface area contributed by atoms with Crippen molar-refractivity contribution < 1.29 is 0 Å². The maximum absolute atomic E-state index is 4.05. The highest BCUT2D eigenvalue weighted by molar-refractivity contribution is 7.99. The van der Waals surface area contributed by atoms with Gasteiger partial charge in [-0.3, -0.25) is 4.98 Å². The molecule has 3 heteroatoms. The van der Waals surface area contributed by atoms with Crippen molar-refractivity contribution in [3.8, 4) is 0 Å². The Morgan fingerprint density at radius 3 is 2.75 bits per heavy atom. The minimum Gasteiger partial charge on any atom is -0.307 e. The van der Waals surface area contributed by atoms with Gasteiger partial charge in [0.1, 0.15) is 0 Å². The highest BCUT2D eigenvalue weighted by Gasteiger charge is 2.24. The van der Waals surface area contributed by atoms with Crippen LogP contribution in [0.4, 0.5) is 0 Å². The lowest BCUT2D eigenvalue weighted by molar-refractivity contribution is 0.462. The first kappa shape index (κ1) is 11.9. The lowest BCUT2D eigenvalue weighted by Gasteiger charge is -2.19. The van der Waals surface area contributed by atoms with Gasteiger partial charge in [-0.1, -0.05) is 0 Å². The number of rotatable bonds is 4. The third-order valence-corrected chi connectivity index (χ3v) is 4.50. The van der Waals surface area contributed by atoms with Crippen LogP contribution < -0.4 is 5.32 Å². The van der Waals surface area contributed by atoms with Crippen LogP contribution in [0.5, 0.6) is 0 Å². The van der Waals surface area contributed by atoms with E-state index in [-0.39, 0.29) is 0 Å². The molecule has 1 saturated carbocycles. The Kier molecular flexibility index (Phi) is 4.24. The first-order chi connectivity index (χ1) is 7.79. The molecular weight excluding hydrogens is 216 g/mol. The van der Waals surface area contributed by atoms with Crippen molar-refractivity contribution in [1.29, 1.82) is 0 Å². The molecule has 0 radical (unpaired) electrons. The van der Waals surface area contributed by atoms with Gasteiger partial charge in [-0.2, -0.15) is 11.8 Å². The molecule has 88 valence electrons. The van der Waals surface area contributed by atoms with Crippen molar-refractivity contribution in [3.05, 3.63) is 30.1 Å². The van der Waals surface area contributed by atoms with Crippen molar-refractivity contribution in [2.75, 3.05) is 6.26 Å². The lowest BCUT2D eigenvalue weighted by Crippen LogP contribution is -2.29. The third kappa shape index (κ3) is 2.98. The molecule has 0 spiro atoms. The van der Waals surface area contributed by atoms with Gasteiger partial charge in [0.15, 0.2) is 0 Å². The highest BCUT2D eigenvalue weighted by Crippen LogP contribution is 2.29. The van der Waals surface area contributed by atoms with Crippen LogP contribution in [0.15, 0.2) is 24.5 Å². The summed E-state index contributed by atoms with van der Waals surface area (Å²) in [7, 11) is 0. The molecule has 2 nitrogen and oxygen atoms in total. The Labute approximate surface area is 102 Å². The van der Waals surface area contributed by atoms with Crippen molar-refractivity contribution >= 4 is 11.8 Å². The monoisotopic (exact) mass is 236 g/mol. The van der Waals surface area contributed by atoms with E-state index in [1.165, 1.54) is 24.8 Å². The zero-order valence-corrected chi connectivity index (χ0v) is 10.8. The van der Waals surface area contributed by atoms with E-state index >= 15 is 0 Å². The molecule has 1 aromatic rings. The average Bonchev–Trinajstić information content (AvgIpc) is 2.78. The summed E-state index contributed by atoms with van der Waals surface area (Å²) in [6.07, 6.45) is 9.96. The van der Waals surface area contributed by atoms with Gasteiger partial charge in [-0.05, 0) is 50.1 Å². The Bertz CT molecular complexity index is 315. The number of nitrogens with zero attached hydrogens (tertiary/aromatic N) is 1. The van der Waals surface area contributed by atoms with Crippen LogP contribution in [0, 0.1) is 0 Å². The second kappa shape index (κ2) is 5.69. The Morgan fingerprint density at radius 2 is 2.12 bits per heavy atom. The molecule has 0 aromatic carbocycles. The summed E-state index contributed by atoms with van der Waals surface area (Å²) in [6, 6.07) is 5.33. The van der Waals surface area contributed by atoms with E-state index in [0.717, 1.165) is 5.25 Å². The summed E-state index contributed by atoms with van der Waals surface area (Å²) in [5.74, 6) is 0. The van der Waals surface area contributed by atoms with Gasteiger partial charge in [0.05, 0.1) is 0 Å². The molecule has 1 N–H and O–H groups in total. The number of thioether (sulfide) groups is 1. The van der Waals surface area contributed by atoms with Gasteiger partial charge < -0.3 is 5.32 Å². The predicted octanol–water partition coefficient (Wildman–Crippen LogP) is 3.02. The summed E-state index contributed by atoms with van der Waals surface area (Å²) in [4.78, 5) is 4.05. The average molecular weight is 236 g/mol. The highest BCUT2D eigenvalue weighted by atomic mass is 32.2. The fraction of sp³-hybridized carbons (Fsp3) is 0.615. The molecule has 0 saturated heterocycles. The second-order valence-electron chi connectivity index (χ2n) is 4.54. The van der Waals surface area contributed by atoms with Gasteiger partial charge in [0, 0.05) is 29.7 Å². The number of pyridine rings is 1. The van der Waals surface area contributed by atoms with Crippen LogP contribution in [0.2, 0.25) is 0 Å². The molecule has 3 unspecified atom stereocenters. The van der Waals surface area contributed by atoms with Crippen LogP contribution in [0.25, 0.3) is 0 Å². The van der Waals surface area contributed by atoms with Crippen LogP contribution in [-0.4, -0.2) is 22.5 Å². The van der Waals surface area contributed by atoms with E-state index in [9.17, 15) is 0 Å². The molecule has 1 heterocycles. The van der Waals surface area contributed by atoms with E-state index in [4.69, 9.17) is 0 Å². The summed E-state index contributed by atoms with van der Waals surface area (Å²) < 4.78 is 0. The lowest BCUT2D eigenvalue weighted by atomic mass is 10.1. The van der Waals surface area contributed by atoms with Gasteiger partial charge in [-0.25, -0.2) is 0 Å². The minimum atomic E-state index is 0.439. The largest absolute Gasteiger partial charge is 0.307 e. The molecule has 3 atom stereocenters. The van der Waals surface area contributed by atoms with Crippen LogP contribution in [0.3, 0.4) is 0 Å². The first-order valence-corrected chi connectivity index (χ1v) is 7.27. The van der Waals surface area contributed by atoms with Crippen molar-refractivity contribution in [3.63, 3.8) is 0 Å². The van der Waals surface area contributed by atoms with E-state index < -0.39 is 0 Å². The summed E-state index contributed by atoms with van der Waals surface area (Å²) in [5, 5.41) is 4.58. The van der Waals surface area contributed by atoms with E-state index in [0.29, 0.717) is 12.1 Å². The zero-order valence-electron chi connectivity index (χ0n) is 10.0. The fourth-order valence-corrected chi connectivity index (χ4v) is 3.20. The number of hydrogen-bond donors (Lipinski definition) is 1. The molecule has 0 amide bonds. The molecule has 1 aliphatic carbocycles. The second-order valence-corrected chi connectivity index (χ2v) is 5.67. The van der Waals surface area contributed by atoms with Crippen LogP contribution >= 0.6 is 11.8 Å². The van der Waals surface area contributed by atoms with Crippen molar-refractivity contribution in [1.82, 2.24) is 10.3 Å². The van der Waals surface area contributed by atoms with Crippen LogP contribution in [0.1, 0.15) is 37.8 Å². The summed E-state index contributed by atoms with van der Waals surface area (Å²) in [5.41, 5.74) is 1.34. The quantitative estimate of drug-likeness (QED) is 0.870. The van der Waals surface area contributed by atoms with Crippen molar-refractivity contribution in [2.45, 2.75) is 43.5 Å². The standard InChI is InChI=1S/C13H20N2S/c1-10(11-5-7-14-8-6-11)15-12-3-4-13(9-12)16-2/h5-8,10,12-13,15H,3-4,9H2,1-2H3. The maximum atomic E-state index is 4.05. The van der Waals surface area contributed by atoms with E-state index in [1.54, 1.807) is 0 Å². The smallest absolute Gasteiger partial charge is 0.0295 e. The molecule has 0 bridgehead atoms. The topological polar surface area (TPSA) is 24.9 Å². The van der Waals surface area contributed by atoms with Gasteiger partial charge >= 0.3 is 0 Å². The summed E-state index contributed by atoms with van der Waals surface area (Å²) >= 11 is 2.01. The Balaban J connectivity index is 1.86. The Hall–Kier alpha value is -0.540. The molecule has 1 aromatic heterocycles. The van der Waals surface area contributed by atoms with Gasteiger partial charge in [0.25, 0.3) is 0 Å². The zero-order chi connectivity index (χ0) is 11.4. The molecule has 0 aliphatic heterocycles. The SMILES string of the molecule is CSC1CCC(NC(C)c2ccncc2)C1. The number of hydrogen-bond acceptors (Lipinski definition) is 3. The third-order valence-electron chi connectivity index (χ3n) is 3.41. The Morgan fingerprint density at radius 1 is 1.38 bits per heavy atom. The fourth-order valence-electron chi connectivity index (χ4n) is 2.41. The molecule has 1 fully saturated rings. The number of nitrogens with one attached hydrogen (secondary N) is 1. The molecule has 2 rings (SSSR count). The normalized spacial score (nSPS) is 26.9. The maximum Gasteiger partial charge on any atom is 0.0295 e. The molecule has 1 aliphatic rings.